The number of para-hydroxylation sites is 1. The Balaban J connectivity index is 1.79. The highest BCUT2D eigenvalue weighted by Crippen LogP contribution is 2.12. The molecule has 2 rings (SSSR count). The van der Waals surface area contributed by atoms with Gasteiger partial charge in [-0.2, -0.15) is 0 Å². The Hall–Kier alpha value is -2.14. The number of anilines is 1. The van der Waals surface area contributed by atoms with Crippen molar-refractivity contribution in [3.05, 3.63) is 47.3 Å². The SMILES string of the molecule is Cc1noc(C)c1CN[C@@H](C)CC(=O)Nc1ccccc1. The van der Waals surface area contributed by atoms with Gasteiger partial charge in [-0.15, -0.1) is 0 Å². The number of rotatable bonds is 6. The number of benzene rings is 1. The van der Waals surface area contributed by atoms with Crippen LogP contribution < -0.4 is 10.6 Å². The van der Waals surface area contributed by atoms with Crippen molar-refractivity contribution in [2.24, 2.45) is 0 Å². The van der Waals surface area contributed by atoms with Gasteiger partial charge in [0.05, 0.1) is 5.69 Å². The first-order chi connectivity index (χ1) is 10.1. The van der Waals surface area contributed by atoms with Crippen LogP contribution in [0.4, 0.5) is 5.69 Å². The van der Waals surface area contributed by atoms with Crippen LogP contribution in [0.25, 0.3) is 0 Å². The highest BCUT2D eigenvalue weighted by Gasteiger charge is 2.12. The van der Waals surface area contributed by atoms with E-state index in [2.05, 4.69) is 15.8 Å². The number of carbonyl (C=O) groups excluding carboxylic acids is 1. The van der Waals surface area contributed by atoms with Crippen LogP contribution in [0.1, 0.15) is 30.4 Å². The van der Waals surface area contributed by atoms with E-state index in [0.717, 1.165) is 22.7 Å². The van der Waals surface area contributed by atoms with Gasteiger partial charge in [-0.1, -0.05) is 23.4 Å². The number of nitrogens with one attached hydrogen (secondary N) is 2. The van der Waals surface area contributed by atoms with Crippen LogP contribution in [0.15, 0.2) is 34.9 Å². The number of hydrogen-bond donors (Lipinski definition) is 2. The van der Waals surface area contributed by atoms with Crippen molar-refractivity contribution in [2.45, 2.75) is 39.8 Å². The molecule has 5 heteroatoms. The molecule has 0 saturated carbocycles. The van der Waals surface area contributed by atoms with Crippen molar-refractivity contribution in [3.63, 3.8) is 0 Å². The summed E-state index contributed by atoms with van der Waals surface area (Å²) in [6, 6.07) is 9.54. The molecule has 1 atom stereocenters. The molecule has 5 nitrogen and oxygen atoms in total. The fourth-order valence-electron chi connectivity index (χ4n) is 2.11. The van der Waals surface area contributed by atoms with Crippen molar-refractivity contribution in [2.75, 3.05) is 5.32 Å². The molecular formula is C16H21N3O2. The summed E-state index contributed by atoms with van der Waals surface area (Å²) >= 11 is 0. The number of carbonyl (C=O) groups is 1. The Morgan fingerprint density at radius 2 is 2.00 bits per heavy atom. The molecule has 112 valence electrons. The molecular weight excluding hydrogens is 266 g/mol. The Morgan fingerprint density at radius 3 is 2.62 bits per heavy atom. The van der Waals surface area contributed by atoms with Crippen molar-refractivity contribution in [1.29, 1.82) is 0 Å². The molecule has 0 fully saturated rings. The van der Waals surface area contributed by atoms with Crippen molar-refractivity contribution in [3.8, 4) is 0 Å². The largest absolute Gasteiger partial charge is 0.361 e. The van der Waals surface area contributed by atoms with Crippen LogP contribution >= 0.6 is 0 Å². The summed E-state index contributed by atoms with van der Waals surface area (Å²) in [5, 5.41) is 10.1. The lowest BCUT2D eigenvalue weighted by molar-refractivity contribution is -0.116. The minimum atomic E-state index is -0.0000347. The third kappa shape index (κ3) is 4.43. The highest BCUT2D eigenvalue weighted by atomic mass is 16.5. The predicted octanol–water partition coefficient (Wildman–Crippen LogP) is 2.80. The maximum Gasteiger partial charge on any atom is 0.225 e. The quantitative estimate of drug-likeness (QED) is 0.857. The minimum Gasteiger partial charge on any atom is -0.361 e. The van der Waals surface area contributed by atoms with Gasteiger partial charge in [0.2, 0.25) is 5.91 Å². The van der Waals surface area contributed by atoms with Gasteiger partial charge in [0.1, 0.15) is 5.76 Å². The van der Waals surface area contributed by atoms with Crippen LogP contribution in [-0.2, 0) is 11.3 Å². The van der Waals surface area contributed by atoms with E-state index in [9.17, 15) is 4.79 Å². The van der Waals surface area contributed by atoms with Crippen LogP contribution in [-0.4, -0.2) is 17.1 Å². The van der Waals surface area contributed by atoms with E-state index < -0.39 is 0 Å². The smallest absolute Gasteiger partial charge is 0.225 e. The molecule has 0 aliphatic heterocycles. The molecule has 2 aromatic rings. The zero-order valence-electron chi connectivity index (χ0n) is 12.6. The lowest BCUT2D eigenvalue weighted by Gasteiger charge is -2.13. The highest BCUT2D eigenvalue weighted by molar-refractivity contribution is 5.90. The fourth-order valence-corrected chi connectivity index (χ4v) is 2.11. The lowest BCUT2D eigenvalue weighted by atomic mass is 10.1. The van der Waals surface area contributed by atoms with Gasteiger partial charge in [0.25, 0.3) is 0 Å². The first kappa shape index (κ1) is 15.3. The molecule has 0 aliphatic carbocycles. The zero-order valence-corrected chi connectivity index (χ0v) is 12.6. The van der Waals surface area contributed by atoms with Gasteiger partial charge in [-0.3, -0.25) is 4.79 Å². The van der Waals surface area contributed by atoms with Gasteiger partial charge >= 0.3 is 0 Å². The second kappa shape index (κ2) is 7.04. The summed E-state index contributed by atoms with van der Waals surface area (Å²) < 4.78 is 5.12. The van der Waals surface area contributed by atoms with E-state index >= 15 is 0 Å². The molecule has 1 aromatic heterocycles. The number of amides is 1. The van der Waals surface area contributed by atoms with Gasteiger partial charge in [-0.05, 0) is 32.9 Å². The standard InChI is InChI=1S/C16H21N3O2/c1-11(17-10-15-12(2)19-21-13(15)3)9-16(20)18-14-7-5-4-6-8-14/h4-8,11,17H,9-10H2,1-3H3,(H,18,20)/t11-/m0/s1. The van der Waals surface area contributed by atoms with E-state index in [1.54, 1.807) is 0 Å². The average molecular weight is 287 g/mol. The maximum absolute atomic E-state index is 11.9. The summed E-state index contributed by atoms with van der Waals surface area (Å²) in [4.78, 5) is 11.9. The van der Waals surface area contributed by atoms with Crippen molar-refractivity contribution in [1.82, 2.24) is 10.5 Å². The summed E-state index contributed by atoms with van der Waals surface area (Å²) in [7, 11) is 0. The summed E-state index contributed by atoms with van der Waals surface area (Å²) in [6.07, 6.45) is 0.415. The molecule has 0 saturated heterocycles. The van der Waals surface area contributed by atoms with Crippen LogP contribution in [0.2, 0.25) is 0 Å². The minimum absolute atomic E-state index is 0.0000347. The molecule has 21 heavy (non-hydrogen) atoms. The molecule has 1 aromatic carbocycles. The van der Waals surface area contributed by atoms with Crippen molar-refractivity contribution < 1.29 is 9.32 Å². The van der Waals surface area contributed by atoms with Gasteiger partial charge in [0, 0.05) is 30.3 Å². The molecule has 1 amide bonds. The number of nitrogens with zero attached hydrogens (tertiary/aromatic N) is 1. The van der Waals surface area contributed by atoms with E-state index in [-0.39, 0.29) is 11.9 Å². The normalized spacial score (nSPS) is 12.1. The molecule has 2 N–H and O–H groups in total. The molecule has 0 bridgehead atoms. The predicted molar refractivity (Wildman–Crippen MR) is 82.0 cm³/mol. The molecule has 0 spiro atoms. The van der Waals surface area contributed by atoms with Gasteiger partial charge in [-0.25, -0.2) is 0 Å². The second-order valence-electron chi connectivity index (χ2n) is 5.20. The average Bonchev–Trinajstić information content (AvgIpc) is 2.77. The molecule has 0 unspecified atom stereocenters. The summed E-state index contributed by atoms with van der Waals surface area (Å²) in [6.45, 7) is 6.45. The first-order valence-corrected chi connectivity index (χ1v) is 7.06. The molecule has 0 aliphatic rings. The third-order valence-electron chi connectivity index (χ3n) is 3.36. The second-order valence-corrected chi connectivity index (χ2v) is 5.20. The van der Waals surface area contributed by atoms with E-state index in [4.69, 9.17) is 4.52 Å². The van der Waals surface area contributed by atoms with Crippen LogP contribution in [0.5, 0.6) is 0 Å². The Kier molecular flexibility index (Phi) is 5.11. The van der Waals surface area contributed by atoms with Gasteiger partial charge < -0.3 is 15.2 Å². The van der Waals surface area contributed by atoms with E-state index in [1.165, 1.54) is 0 Å². The topological polar surface area (TPSA) is 67.2 Å². The summed E-state index contributed by atoms with van der Waals surface area (Å²) in [5.41, 5.74) is 2.77. The van der Waals surface area contributed by atoms with Gasteiger partial charge in [0.15, 0.2) is 0 Å². The number of aryl methyl sites for hydroxylation is 2. The molecule has 0 radical (unpaired) electrons. The maximum atomic E-state index is 11.9. The first-order valence-electron chi connectivity index (χ1n) is 7.06. The van der Waals surface area contributed by atoms with Crippen molar-refractivity contribution >= 4 is 11.6 Å². The Labute approximate surface area is 124 Å². The number of hydrogen-bond acceptors (Lipinski definition) is 4. The Bertz CT molecular complexity index is 573. The van der Waals surface area contributed by atoms with E-state index in [0.29, 0.717) is 13.0 Å². The molecule has 1 heterocycles. The summed E-state index contributed by atoms with van der Waals surface area (Å²) in [5.74, 6) is 0.820. The fraction of sp³-hybridized carbons (Fsp3) is 0.375. The van der Waals surface area contributed by atoms with Crippen LogP contribution in [0, 0.1) is 13.8 Å². The third-order valence-corrected chi connectivity index (χ3v) is 3.36. The van der Waals surface area contributed by atoms with Crippen LogP contribution in [0.3, 0.4) is 0 Å². The number of aromatic nitrogens is 1. The Morgan fingerprint density at radius 1 is 1.29 bits per heavy atom. The zero-order chi connectivity index (χ0) is 15.2. The monoisotopic (exact) mass is 287 g/mol. The van der Waals surface area contributed by atoms with E-state index in [1.807, 2.05) is 51.1 Å². The lowest BCUT2D eigenvalue weighted by Crippen LogP contribution is -2.30.